The number of nitrogens with one attached hydrogen (secondary N) is 1. The fourth-order valence-corrected chi connectivity index (χ4v) is 5.40. The molecule has 0 unspecified atom stereocenters. The molecule has 1 atom stereocenters. The molecule has 2 aliphatic rings. The number of ether oxygens (including phenoxy) is 1. The summed E-state index contributed by atoms with van der Waals surface area (Å²) in [7, 11) is -3.59. The average molecular weight is 395 g/mol. The normalized spacial score (nSPS) is 19.1. The Hall–Kier alpha value is -1.48. The van der Waals surface area contributed by atoms with Gasteiger partial charge in [0, 0.05) is 37.6 Å². The van der Waals surface area contributed by atoms with Crippen LogP contribution in [0.15, 0.2) is 45.9 Å². The molecule has 1 saturated heterocycles. The zero-order valence-corrected chi connectivity index (χ0v) is 16.0. The smallest absolute Gasteiger partial charge is 0.240 e. The van der Waals surface area contributed by atoms with Gasteiger partial charge in [0.15, 0.2) is 0 Å². The van der Waals surface area contributed by atoms with E-state index >= 15 is 0 Å². The Kier molecular flexibility index (Phi) is 5.26. The summed E-state index contributed by atoms with van der Waals surface area (Å²) in [6.45, 7) is 2.75. The van der Waals surface area contributed by atoms with Crippen LogP contribution >= 0.6 is 11.8 Å². The van der Waals surface area contributed by atoms with Crippen LogP contribution in [0.3, 0.4) is 0 Å². The molecule has 1 fully saturated rings. The van der Waals surface area contributed by atoms with Gasteiger partial charge in [-0.05, 0) is 35.9 Å². The first-order chi connectivity index (χ1) is 12.6. The van der Waals surface area contributed by atoms with Crippen molar-refractivity contribution in [2.45, 2.75) is 17.4 Å². The van der Waals surface area contributed by atoms with Gasteiger partial charge in [-0.2, -0.15) is 11.8 Å². The molecule has 0 amide bonds. The summed E-state index contributed by atoms with van der Waals surface area (Å²) in [6, 6.07) is 8.71. The van der Waals surface area contributed by atoms with Crippen LogP contribution in [0.1, 0.15) is 17.4 Å². The number of thioether (sulfide) groups is 1. The van der Waals surface area contributed by atoms with Gasteiger partial charge in [0.2, 0.25) is 10.0 Å². The Bertz CT molecular complexity index is 846. The molecular formula is C18H22N2O4S2. The van der Waals surface area contributed by atoms with Gasteiger partial charge in [0.25, 0.3) is 0 Å². The third kappa shape index (κ3) is 3.78. The molecule has 0 radical (unpaired) electrons. The predicted octanol–water partition coefficient (Wildman–Crippen LogP) is 2.28. The van der Waals surface area contributed by atoms with Crippen molar-refractivity contribution in [1.82, 2.24) is 9.62 Å². The van der Waals surface area contributed by atoms with Crippen LogP contribution < -0.4 is 9.46 Å². The lowest BCUT2D eigenvalue weighted by Gasteiger charge is -2.33. The molecule has 2 aromatic rings. The van der Waals surface area contributed by atoms with Crippen molar-refractivity contribution in [3.05, 3.63) is 47.9 Å². The summed E-state index contributed by atoms with van der Waals surface area (Å²) in [6.07, 6.45) is 2.38. The van der Waals surface area contributed by atoms with Gasteiger partial charge >= 0.3 is 0 Å². The Morgan fingerprint density at radius 1 is 1.23 bits per heavy atom. The van der Waals surface area contributed by atoms with Crippen molar-refractivity contribution < 1.29 is 17.6 Å². The third-order valence-electron chi connectivity index (χ3n) is 4.80. The first-order valence-corrected chi connectivity index (χ1v) is 11.4. The van der Waals surface area contributed by atoms with Crippen LogP contribution in [-0.4, -0.2) is 51.1 Å². The van der Waals surface area contributed by atoms with E-state index in [0.717, 1.165) is 48.1 Å². The maximum Gasteiger partial charge on any atom is 0.240 e. The largest absolute Gasteiger partial charge is 0.493 e. The molecule has 4 rings (SSSR count). The van der Waals surface area contributed by atoms with Crippen molar-refractivity contribution in [3.63, 3.8) is 0 Å². The van der Waals surface area contributed by atoms with Gasteiger partial charge in [-0.15, -0.1) is 0 Å². The van der Waals surface area contributed by atoms with Gasteiger partial charge in [-0.3, -0.25) is 4.90 Å². The summed E-state index contributed by atoms with van der Waals surface area (Å²) < 4.78 is 39.4. The Morgan fingerprint density at radius 2 is 2.08 bits per heavy atom. The average Bonchev–Trinajstić information content (AvgIpc) is 3.34. The lowest BCUT2D eigenvalue weighted by molar-refractivity contribution is 0.193. The molecule has 0 aliphatic carbocycles. The second kappa shape index (κ2) is 7.64. The minimum absolute atomic E-state index is 0.0987. The van der Waals surface area contributed by atoms with E-state index in [1.165, 1.54) is 0 Å². The fourth-order valence-electron chi connectivity index (χ4n) is 3.38. The Labute approximate surface area is 157 Å². The van der Waals surface area contributed by atoms with Gasteiger partial charge < -0.3 is 9.15 Å². The summed E-state index contributed by atoms with van der Waals surface area (Å²) >= 11 is 1.92. The fraction of sp³-hybridized carbons (Fsp3) is 0.444. The van der Waals surface area contributed by atoms with Gasteiger partial charge in [0.1, 0.15) is 11.5 Å². The lowest BCUT2D eigenvalue weighted by atomic mass is 10.2. The maximum absolute atomic E-state index is 12.8. The van der Waals surface area contributed by atoms with Crippen LogP contribution in [0.2, 0.25) is 0 Å². The molecule has 0 bridgehead atoms. The lowest BCUT2D eigenvalue weighted by Crippen LogP contribution is -2.41. The van der Waals surface area contributed by atoms with Crippen LogP contribution in [0.25, 0.3) is 0 Å². The number of benzene rings is 1. The van der Waals surface area contributed by atoms with Crippen LogP contribution in [-0.2, 0) is 16.4 Å². The highest BCUT2D eigenvalue weighted by Gasteiger charge is 2.27. The molecule has 140 valence electrons. The summed E-state index contributed by atoms with van der Waals surface area (Å²) in [5.74, 6) is 3.67. The minimum Gasteiger partial charge on any atom is -0.493 e. The van der Waals surface area contributed by atoms with Crippen molar-refractivity contribution >= 4 is 21.8 Å². The van der Waals surface area contributed by atoms with E-state index in [1.807, 2.05) is 23.9 Å². The van der Waals surface area contributed by atoms with E-state index in [-0.39, 0.29) is 17.5 Å². The zero-order chi connectivity index (χ0) is 18.0. The highest BCUT2D eigenvalue weighted by molar-refractivity contribution is 7.99. The number of rotatable bonds is 6. The molecule has 1 N–H and O–H groups in total. The Balaban J connectivity index is 1.51. The molecule has 26 heavy (non-hydrogen) atoms. The summed E-state index contributed by atoms with van der Waals surface area (Å²) in [5.41, 5.74) is 0.948. The zero-order valence-electron chi connectivity index (χ0n) is 14.4. The van der Waals surface area contributed by atoms with E-state index in [1.54, 1.807) is 24.5 Å². The molecule has 1 aromatic carbocycles. The summed E-state index contributed by atoms with van der Waals surface area (Å²) in [5, 5.41) is 0. The number of furan rings is 1. The topological polar surface area (TPSA) is 71.8 Å². The molecule has 2 aliphatic heterocycles. The quantitative estimate of drug-likeness (QED) is 0.811. The van der Waals surface area contributed by atoms with E-state index < -0.39 is 10.0 Å². The molecule has 6 nitrogen and oxygen atoms in total. The van der Waals surface area contributed by atoms with Crippen LogP contribution in [0.5, 0.6) is 5.75 Å². The van der Waals surface area contributed by atoms with Crippen molar-refractivity contribution in [2.75, 3.05) is 37.7 Å². The van der Waals surface area contributed by atoms with Crippen molar-refractivity contribution in [2.24, 2.45) is 0 Å². The second-order valence-corrected chi connectivity index (χ2v) is 9.39. The van der Waals surface area contributed by atoms with E-state index in [4.69, 9.17) is 9.15 Å². The predicted molar refractivity (Wildman–Crippen MR) is 101 cm³/mol. The van der Waals surface area contributed by atoms with Crippen LogP contribution in [0.4, 0.5) is 0 Å². The molecule has 8 heteroatoms. The standard InChI is InChI=1S/C18H22N2O4S2/c21-26(22,15-3-4-17-14(12-15)5-9-24-17)19-13-16(18-2-1-8-23-18)20-6-10-25-11-7-20/h1-4,8,12,16,19H,5-7,9-11,13H2/t16-/m1/s1. The molecule has 3 heterocycles. The number of fused-ring (bicyclic) bond motifs is 1. The highest BCUT2D eigenvalue weighted by Crippen LogP contribution is 2.28. The monoisotopic (exact) mass is 394 g/mol. The van der Waals surface area contributed by atoms with Crippen molar-refractivity contribution in [3.8, 4) is 5.75 Å². The molecule has 1 aromatic heterocycles. The first kappa shape index (κ1) is 17.9. The second-order valence-electron chi connectivity index (χ2n) is 6.40. The highest BCUT2D eigenvalue weighted by atomic mass is 32.2. The number of sulfonamides is 1. The Morgan fingerprint density at radius 3 is 2.85 bits per heavy atom. The van der Waals surface area contributed by atoms with E-state index in [2.05, 4.69) is 9.62 Å². The number of hydrogen-bond donors (Lipinski definition) is 1. The van der Waals surface area contributed by atoms with Crippen LogP contribution in [0, 0.1) is 0 Å². The van der Waals surface area contributed by atoms with Gasteiger partial charge in [0.05, 0.1) is 23.8 Å². The number of nitrogens with zero attached hydrogens (tertiary/aromatic N) is 1. The van der Waals surface area contributed by atoms with E-state index in [0.29, 0.717) is 6.61 Å². The molecular weight excluding hydrogens is 372 g/mol. The third-order valence-corrected chi connectivity index (χ3v) is 7.16. The maximum atomic E-state index is 12.8. The summed E-state index contributed by atoms with van der Waals surface area (Å²) in [4.78, 5) is 2.57. The minimum atomic E-state index is -3.59. The van der Waals surface area contributed by atoms with Gasteiger partial charge in [-0.25, -0.2) is 13.1 Å². The first-order valence-electron chi connectivity index (χ1n) is 8.74. The molecule has 0 saturated carbocycles. The van der Waals surface area contributed by atoms with Gasteiger partial charge in [-0.1, -0.05) is 0 Å². The van der Waals surface area contributed by atoms with Crippen molar-refractivity contribution in [1.29, 1.82) is 0 Å². The molecule has 0 spiro atoms. The van der Waals surface area contributed by atoms with E-state index in [9.17, 15) is 8.42 Å². The number of hydrogen-bond acceptors (Lipinski definition) is 6. The SMILES string of the molecule is O=S(=O)(NC[C@H](c1ccco1)N1CCSCC1)c1ccc2c(c1)CCO2.